The number of halogens is 3. The zero-order chi connectivity index (χ0) is 25.5. The van der Waals surface area contributed by atoms with Gasteiger partial charge >= 0.3 is 6.36 Å². The first-order chi connectivity index (χ1) is 17.1. The van der Waals surface area contributed by atoms with Crippen LogP contribution >= 0.6 is 0 Å². The third-order valence-corrected chi connectivity index (χ3v) is 7.80. The lowest BCUT2D eigenvalue weighted by molar-refractivity contribution is -0.274. The second-order valence-corrected chi connectivity index (χ2v) is 10.4. The third-order valence-electron chi connectivity index (χ3n) is 6.30. The third kappa shape index (κ3) is 4.86. The van der Waals surface area contributed by atoms with E-state index in [9.17, 15) is 26.7 Å². The molecule has 0 bridgehead atoms. The second-order valence-electron chi connectivity index (χ2n) is 8.64. The Kier molecular flexibility index (Phi) is 6.31. The fourth-order valence-electron chi connectivity index (χ4n) is 4.75. The monoisotopic (exact) mass is 520 g/mol. The molecule has 36 heavy (non-hydrogen) atoms. The van der Waals surface area contributed by atoms with Gasteiger partial charge in [0.15, 0.2) is 11.5 Å². The highest BCUT2D eigenvalue weighted by atomic mass is 32.2. The minimum atomic E-state index is -4.88. The van der Waals surface area contributed by atoms with E-state index >= 15 is 0 Å². The van der Waals surface area contributed by atoms with Gasteiger partial charge in [-0.3, -0.25) is 0 Å². The van der Waals surface area contributed by atoms with Crippen LogP contribution < -0.4 is 19.1 Å². The molecule has 3 atom stereocenters. The number of sulfonamides is 1. The highest BCUT2D eigenvalue weighted by molar-refractivity contribution is 7.89. The zero-order valence-corrected chi connectivity index (χ0v) is 19.7. The number of fused-ring (bicyclic) bond motifs is 2. The standard InChI is InChI=1S/C25H23F3N2O5S/c26-25(27,28)35-16-12-14-17(15-13-16)36(32,33)29-18-6-5-9-21(24(18)31)30-19-7-1-3-10-22(19)34-23-11-4-2-8-20(23)30/h1-4,7-8,10-15,18,21,24,29,31H,5-6,9H2/t18-,21+,24+/m0/s1. The molecule has 0 saturated heterocycles. The number of aliphatic hydroxyl groups is 1. The van der Waals surface area contributed by atoms with Crippen LogP contribution in [-0.2, 0) is 10.0 Å². The molecule has 5 rings (SSSR count). The molecule has 7 nitrogen and oxygen atoms in total. The van der Waals surface area contributed by atoms with Gasteiger partial charge in [0.25, 0.3) is 0 Å². The van der Waals surface area contributed by atoms with Crippen molar-refractivity contribution in [2.75, 3.05) is 4.90 Å². The molecular formula is C25H23F3N2O5S. The number of hydrogen-bond acceptors (Lipinski definition) is 6. The summed E-state index contributed by atoms with van der Waals surface area (Å²) in [6, 6.07) is 17.6. The first-order valence-electron chi connectivity index (χ1n) is 11.3. The number of anilines is 2. The van der Waals surface area contributed by atoms with E-state index in [4.69, 9.17) is 4.74 Å². The summed E-state index contributed by atoms with van der Waals surface area (Å²) in [5.74, 6) is 0.739. The fraction of sp³-hybridized carbons (Fsp3) is 0.280. The molecule has 0 spiro atoms. The first kappa shape index (κ1) is 24.4. The summed E-state index contributed by atoms with van der Waals surface area (Å²) < 4.78 is 75.6. The molecule has 2 N–H and O–H groups in total. The number of ether oxygens (including phenoxy) is 2. The quantitative estimate of drug-likeness (QED) is 0.487. The summed E-state index contributed by atoms with van der Waals surface area (Å²) >= 11 is 0. The number of para-hydroxylation sites is 4. The Bertz CT molecular complexity index is 1300. The van der Waals surface area contributed by atoms with Crippen LogP contribution in [0, 0.1) is 0 Å². The molecule has 1 aliphatic carbocycles. The van der Waals surface area contributed by atoms with E-state index in [2.05, 4.69) is 9.46 Å². The number of hydrogen-bond donors (Lipinski definition) is 2. The number of benzene rings is 3. The smallest absolute Gasteiger partial charge is 0.453 e. The lowest BCUT2D eigenvalue weighted by Gasteiger charge is -2.44. The molecule has 190 valence electrons. The molecule has 1 heterocycles. The van der Waals surface area contributed by atoms with E-state index in [1.54, 1.807) is 0 Å². The average molecular weight is 521 g/mol. The molecular weight excluding hydrogens is 497 g/mol. The number of rotatable bonds is 5. The molecule has 3 aromatic carbocycles. The molecule has 0 amide bonds. The van der Waals surface area contributed by atoms with Gasteiger partial charge in [-0.25, -0.2) is 13.1 Å². The van der Waals surface area contributed by atoms with Gasteiger partial charge in [0.2, 0.25) is 10.0 Å². The molecule has 1 saturated carbocycles. The van der Waals surface area contributed by atoms with Crippen LogP contribution in [0.25, 0.3) is 0 Å². The Morgan fingerprint density at radius 2 is 1.50 bits per heavy atom. The van der Waals surface area contributed by atoms with E-state index in [1.165, 1.54) is 0 Å². The second kappa shape index (κ2) is 9.30. The summed E-state index contributed by atoms with van der Waals surface area (Å²) in [4.78, 5) is 1.76. The summed E-state index contributed by atoms with van der Waals surface area (Å²) in [6.45, 7) is 0. The molecule has 0 radical (unpaired) electrons. The molecule has 2 aliphatic rings. The largest absolute Gasteiger partial charge is 0.573 e. The normalized spacial score (nSPS) is 21.8. The molecule has 1 aliphatic heterocycles. The van der Waals surface area contributed by atoms with Gasteiger partial charge in [0, 0.05) is 0 Å². The van der Waals surface area contributed by atoms with Crippen LogP contribution in [0.3, 0.4) is 0 Å². The van der Waals surface area contributed by atoms with E-state index < -0.39 is 40.3 Å². The number of alkyl halides is 3. The van der Waals surface area contributed by atoms with Gasteiger partial charge in [-0.2, -0.15) is 0 Å². The van der Waals surface area contributed by atoms with Crippen molar-refractivity contribution >= 4 is 21.4 Å². The highest BCUT2D eigenvalue weighted by Crippen LogP contribution is 2.49. The Morgan fingerprint density at radius 3 is 2.08 bits per heavy atom. The maximum Gasteiger partial charge on any atom is 0.573 e. The van der Waals surface area contributed by atoms with Crippen LogP contribution in [-0.4, -0.2) is 38.1 Å². The molecule has 3 aromatic rings. The topological polar surface area (TPSA) is 88.1 Å². The summed E-state index contributed by atoms with van der Waals surface area (Å²) in [5.41, 5.74) is 1.54. The zero-order valence-electron chi connectivity index (χ0n) is 18.9. The lowest BCUT2D eigenvalue weighted by atomic mass is 9.86. The summed E-state index contributed by atoms with van der Waals surface area (Å²) in [6.07, 6.45) is -4.28. The Balaban J connectivity index is 1.39. The first-order valence-corrected chi connectivity index (χ1v) is 12.8. The van der Waals surface area contributed by atoms with Crippen molar-refractivity contribution in [3.8, 4) is 17.2 Å². The Morgan fingerprint density at radius 1 is 0.917 bits per heavy atom. The van der Waals surface area contributed by atoms with E-state index in [0.717, 1.165) is 35.6 Å². The number of nitrogens with zero attached hydrogens (tertiary/aromatic N) is 1. The van der Waals surface area contributed by atoms with Crippen molar-refractivity contribution in [1.82, 2.24) is 4.72 Å². The highest BCUT2D eigenvalue weighted by Gasteiger charge is 2.41. The molecule has 0 aromatic heterocycles. The van der Waals surface area contributed by atoms with Crippen molar-refractivity contribution in [3.63, 3.8) is 0 Å². The predicted octanol–water partition coefficient (Wildman–Crippen LogP) is 5.09. The van der Waals surface area contributed by atoms with Gasteiger partial charge in [-0.1, -0.05) is 24.3 Å². The minimum Gasteiger partial charge on any atom is -0.453 e. The van der Waals surface area contributed by atoms with Gasteiger partial charge in [-0.15, -0.1) is 13.2 Å². The molecule has 1 fully saturated rings. The predicted molar refractivity (Wildman–Crippen MR) is 126 cm³/mol. The maximum atomic E-state index is 13.0. The maximum absolute atomic E-state index is 13.0. The SMILES string of the molecule is O=S(=O)(N[C@H]1CCC[C@@H](N2c3ccccc3Oc3ccccc32)[C@@H]1O)c1ccc(OC(F)(F)F)cc1. The Labute approximate surface area is 206 Å². The summed E-state index contributed by atoms with van der Waals surface area (Å²) in [5, 5.41) is 11.4. The Hall–Kier alpha value is -3.28. The van der Waals surface area contributed by atoms with E-state index in [0.29, 0.717) is 30.8 Å². The molecule has 11 heteroatoms. The number of aliphatic hydroxyl groups excluding tert-OH is 1. The number of nitrogens with one attached hydrogen (secondary N) is 1. The summed E-state index contributed by atoms with van der Waals surface area (Å²) in [7, 11) is -4.12. The van der Waals surface area contributed by atoms with Gasteiger partial charge in [-0.05, 0) is 67.8 Å². The van der Waals surface area contributed by atoms with Crippen LogP contribution in [0.4, 0.5) is 24.5 Å². The van der Waals surface area contributed by atoms with Crippen molar-refractivity contribution in [2.24, 2.45) is 0 Å². The van der Waals surface area contributed by atoms with Crippen LogP contribution in [0.15, 0.2) is 77.7 Å². The lowest BCUT2D eigenvalue weighted by Crippen LogP contribution is -2.56. The van der Waals surface area contributed by atoms with Crippen molar-refractivity contribution in [1.29, 1.82) is 0 Å². The van der Waals surface area contributed by atoms with Crippen LogP contribution in [0.1, 0.15) is 19.3 Å². The fourth-order valence-corrected chi connectivity index (χ4v) is 6.03. The van der Waals surface area contributed by atoms with Gasteiger partial charge in [0.05, 0.1) is 34.5 Å². The van der Waals surface area contributed by atoms with E-state index in [1.807, 2.05) is 53.4 Å². The van der Waals surface area contributed by atoms with E-state index in [-0.39, 0.29) is 4.90 Å². The minimum absolute atomic E-state index is 0.228. The van der Waals surface area contributed by atoms with Crippen molar-refractivity contribution < 1.29 is 36.2 Å². The van der Waals surface area contributed by atoms with Gasteiger partial charge in [0.1, 0.15) is 5.75 Å². The van der Waals surface area contributed by atoms with Gasteiger partial charge < -0.3 is 19.5 Å². The van der Waals surface area contributed by atoms with Crippen LogP contribution in [0.5, 0.6) is 17.2 Å². The molecule has 0 unspecified atom stereocenters. The van der Waals surface area contributed by atoms with Crippen molar-refractivity contribution in [3.05, 3.63) is 72.8 Å². The van der Waals surface area contributed by atoms with Crippen LogP contribution in [0.2, 0.25) is 0 Å². The van der Waals surface area contributed by atoms with Crippen molar-refractivity contribution in [2.45, 2.75) is 48.7 Å². The average Bonchev–Trinajstić information content (AvgIpc) is 2.83.